The Hall–Kier alpha value is -0.800. The fourth-order valence-electron chi connectivity index (χ4n) is 0.477. The normalized spacial score (nSPS) is 5.21. The first-order chi connectivity index (χ1) is 3.93. The second kappa shape index (κ2) is 22.8. The molecule has 1 aromatic heterocycles. The number of nitrogens with zero attached hydrogens (tertiary/aromatic N) is 1. The second-order valence-electron chi connectivity index (χ2n) is 1.45. The number of rotatable bonds is 1. The van der Waals surface area contributed by atoms with Gasteiger partial charge in [0, 0.05) is 6.20 Å². The van der Waals surface area contributed by atoms with Crippen LogP contribution in [0.5, 0.6) is 0 Å². The maximum atomic E-state index is 5.46. The average Bonchev–Trinajstić information content (AvgIpc) is 1.90. The Morgan fingerprint density at radius 2 is 1.43 bits per heavy atom. The van der Waals surface area contributed by atoms with Gasteiger partial charge in [-0.15, -0.1) is 11.6 Å². The first-order valence-electron chi connectivity index (χ1n) is 2.39. The van der Waals surface area contributed by atoms with E-state index < -0.39 is 0 Å². The van der Waals surface area contributed by atoms with Crippen molar-refractivity contribution in [3.63, 3.8) is 0 Å². The van der Waals surface area contributed by atoms with Crippen molar-refractivity contribution < 1.29 is 32.9 Å². The zero-order valence-corrected chi connectivity index (χ0v) is 8.10. The predicted molar refractivity (Wildman–Crippen MR) is 55.5 cm³/mol. The largest absolute Gasteiger partial charge is 0.412 e. The Balaban J connectivity index is -0.0000000267. The highest BCUT2D eigenvalue weighted by molar-refractivity contribution is 6.16. The standard InChI is InChI=1S/C6H6ClN.6H2O/c7-5-6-3-1-2-4-8-6;;;;;;/h1-4H,5H2;6*1H2. The van der Waals surface area contributed by atoms with Gasteiger partial charge in [-0.1, -0.05) is 6.07 Å². The zero-order valence-electron chi connectivity index (χ0n) is 7.34. The molecule has 14 heavy (non-hydrogen) atoms. The van der Waals surface area contributed by atoms with Gasteiger partial charge in [-0.3, -0.25) is 4.98 Å². The van der Waals surface area contributed by atoms with Crippen molar-refractivity contribution in [2.75, 3.05) is 0 Å². The van der Waals surface area contributed by atoms with E-state index in [-0.39, 0.29) is 32.9 Å². The molecule has 7 nitrogen and oxygen atoms in total. The molecule has 0 fully saturated rings. The minimum Gasteiger partial charge on any atom is -0.412 e. The Kier molecular flexibility index (Phi) is 61.6. The molecule has 0 aliphatic carbocycles. The van der Waals surface area contributed by atoms with Crippen LogP contribution in [0.1, 0.15) is 5.69 Å². The first-order valence-corrected chi connectivity index (χ1v) is 2.93. The number of hydrogen-bond acceptors (Lipinski definition) is 1. The number of hydrogen-bond donors (Lipinski definition) is 0. The summed E-state index contributed by atoms with van der Waals surface area (Å²) in [5.41, 5.74) is 0.925. The minimum atomic E-state index is 0. The summed E-state index contributed by atoms with van der Waals surface area (Å²) >= 11 is 5.46. The molecule has 0 radical (unpaired) electrons. The van der Waals surface area contributed by atoms with Crippen LogP contribution in [0, 0.1) is 0 Å². The van der Waals surface area contributed by atoms with Gasteiger partial charge in [0.1, 0.15) is 0 Å². The molecule has 0 amide bonds. The second-order valence-corrected chi connectivity index (χ2v) is 1.72. The highest BCUT2D eigenvalue weighted by Gasteiger charge is 1.83. The van der Waals surface area contributed by atoms with Crippen LogP contribution in [0.3, 0.4) is 0 Å². The van der Waals surface area contributed by atoms with Crippen LogP contribution in [0.4, 0.5) is 0 Å². The third-order valence-corrected chi connectivity index (χ3v) is 1.14. The van der Waals surface area contributed by atoms with E-state index in [9.17, 15) is 0 Å². The average molecular weight is 236 g/mol. The highest BCUT2D eigenvalue weighted by Crippen LogP contribution is 1.95. The molecular weight excluding hydrogens is 218 g/mol. The van der Waals surface area contributed by atoms with Gasteiger partial charge in [-0.2, -0.15) is 0 Å². The summed E-state index contributed by atoms with van der Waals surface area (Å²) in [5, 5.41) is 0. The third-order valence-electron chi connectivity index (χ3n) is 0.863. The summed E-state index contributed by atoms with van der Waals surface area (Å²) < 4.78 is 0. The van der Waals surface area contributed by atoms with Gasteiger partial charge >= 0.3 is 0 Å². The topological polar surface area (TPSA) is 202 Å². The fraction of sp³-hybridized carbons (Fsp3) is 0.167. The van der Waals surface area contributed by atoms with E-state index in [1.54, 1.807) is 6.20 Å². The van der Waals surface area contributed by atoms with E-state index in [4.69, 9.17) is 11.6 Å². The van der Waals surface area contributed by atoms with Crippen molar-refractivity contribution in [3.05, 3.63) is 30.1 Å². The van der Waals surface area contributed by atoms with E-state index in [1.807, 2.05) is 18.2 Å². The predicted octanol–water partition coefficient (Wildman–Crippen LogP) is -3.13. The minimum absolute atomic E-state index is 0. The maximum Gasteiger partial charge on any atom is 0.0647 e. The van der Waals surface area contributed by atoms with E-state index in [2.05, 4.69) is 4.98 Å². The van der Waals surface area contributed by atoms with Crippen LogP contribution in [-0.4, -0.2) is 37.8 Å². The van der Waals surface area contributed by atoms with E-state index in [0.717, 1.165) is 5.69 Å². The Bertz CT molecular complexity index is 164. The Morgan fingerprint density at radius 3 is 1.64 bits per heavy atom. The number of aromatic nitrogens is 1. The van der Waals surface area contributed by atoms with Crippen molar-refractivity contribution in [1.29, 1.82) is 0 Å². The molecule has 0 aliphatic rings. The number of halogens is 1. The van der Waals surface area contributed by atoms with Gasteiger partial charge in [-0.05, 0) is 12.1 Å². The molecule has 0 unspecified atom stereocenters. The van der Waals surface area contributed by atoms with Gasteiger partial charge in [0.15, 0.2) is 0 Å². The molecule has 1 aromatic rings. The fourth-order valence-corrected chi connectivity index (χ4v) is 0.635. The van der Waals surface area contributed by atoms with Crippen molar-refractivity contribution >= 4 is 11.6 Å². The molecule has 0 spiro atoms. The van der Waals surface area contributed by atoms with E-state index in [1.165, 1.54) is 0 Å². The Labute approximate surface area is 86.2 Å². The van der Waals surface area contributed by atoms with Crippen molar-refractivity contribution in [3.8, 4) is 0 Å². The molecular formula is C6H18ClNO6. The smallest absolute Gasteiger partial charge is 0.0647 e. The lowest BCUT2D eigenvalue weighted by molar-refractivity contribution is 0.823. The molecule has 0 aliphatic heterocycles. The lowest BCUT2D eigenvalue weighted by Crippen LogP contribution is -1.79. The van der Waals surface area contributed by atoms with Gasteiger partial charge < -0.3 is 32.9 Å². The molecule has 1 rings (SSSR count). The van der Waals surface area contributed by atoms with Gasteiger partial charge in [-0.25, -0.2) is 0 Å². The summed E-state index contributed by atoms with van der Waals surface area (Å²) in [5.74, 6) is 0.501. The van der Waals surface area contributed by atoms with Crippen LogP contribution in [0.15, 0.2) is 24.4 Å². The van der Waals surface area contributed by atoms with Crippen molar-refractivity contribution in [2.24, 2.45) is 0 Å². The molecule has 0 atom stereocenters. The van der Waals surface area contributed by atoms with Crippen LogP contribution in [0.2, 0.25) is 0 Å². The summed E-state index contributed by atoms with van der Waals surface area (Å²) in [7, 11) is 0. The van der Waals surface area contributed by atoms with Crippen molar-refractivity contribution in [1.82, 2.24) is 4.98 Å². The molecule has 0 bridgehead atoms. The molecule has 1 heterocycles. The molecule has 12 N–H and O–H groups in total. The van der Waals surface area contributed by atoms with Crippen LogP contribution >= 0.6 is 11.6 Å². The summed E-state index contributed by atoms with van der Waals surface area (Å²) in [6.45, 7) is 0. The summed E-state index contributed by atoms with van der Waals surface area (Å²) in [6, 6.07) is 5.69. The SMILES string of the molecule is ClCc1ccccn1.O.O.O.O.O.O. The molecule has 90 valence electrons. The van der Waals surface area contributed by atoms with Gasteiger partial charge in [0.2, 0.25) is 0 Å². The summed E-state index contributed by atoms with van der Waals surface area (Å²) in [4.78, 5) is 3.97. The lowest BCUT2D eigenvalue weighted by atomic mass is 10.4. The molecule has 0 saturated heterocycles. The van der Waals surface area contributed by atoms with Crippen LogP contribution < -0.4 is 0 Å². The molecule has 0 saturated carbocycles. The maximum absolute atomic E-state index is 5.46. The molecule has 8 heteroatoms. The number of pyridine rings is 1. The zero-order chi connectivity index (χ0) is 5.82. The van der Waals surface area contributed by atoms with Crippen molar-refractivity contribution in [2.45, 2.75) is 5.88 Å². The Morgan fingerprint density at radius 1 is 0.929 bits per heavy atom. The van der Waals surface area contributed by atoms with Gasteiger partial charge in [0.05, 0.1) is 11.6 Å². The van der Waals surface area contributed by atoms with Crippen LogP contribution in [0.25, 0.3) is 0 Å². The van der Waals surface area contributed by atoms with Crippen LogP contribution in [-0.2, 0) is 5.88 Å². The van der Waals surface area contributed by atoms with Gasteiger partial charge in [0.25, 0.3) is 0 Å². The monoisotopic (exact) mass is 235 g/mol. The van der Waals surface area contributed by atoms with E-state index >= 15 is 0 Å². The highest BCUT2D eigenvalue weighted by atomic mass is 35.5. The number of alkyl halides is 1. The third kappa shape index (κ3) is 13.8. The lowest BCUT2D eigenvalue weighted by Gasteiger charge is -1.87. The summed E-state index contributed by atoms with van der Waals surface area (Å²) in [6.07, 6.45) is 1.73. The van der Waals surface area contributed by atoms with E-state index in [0.29, 0.717) is 5.88 Å². The quantitative estimate of drug-likeness (QED) is 0.455. The molecule has 0 aromatic carbocycles. The first kappa shape index (κ1) is 37.9.